The summed E-state index contributed by atoms with van der Waals surface area (Å²) in [4.78, 5) is 0. The van der Waals surface area contributed by atoms with Gasteiger partial charge in [0.25, 0.3) is 0 Å². The van der Waals surface area contributed by atoms with E-state index in [0.717, 1.165) is 43.5 Å². The molecule has 2 atom stereocenters. The van der Waals surface area contributed by atoms with Crippen molar-refractivity contribution in [1.29, 1.82) is 0 Å². The van der Waals surface area contributed by atoms with Crippen LogP contribution in [0, 0.1) is 12.7 Å². The first-order valence-electron chi connectivity index (χ1n) is 7.33. The molecule has 2 nitrogen and oxygen atoms in total. The Morgan fingerprint density at radius 3 is 2.95 bits per heavy atom. The first kappa shape index (κ1) is 14.5. The van der Waals surface area contributed by atoms with Crippen LogP contribution >= 0.6 is 0 Å². The van der Waals surface area contributed by atoms with E-state index in [0.29, 0.717) is 0 Å². The van der Waals surface area contributed by atoms with Gasteiger partial charge in [-0.1, -0.05) is 13.0 Å². The molecule has 1 fully saturated rings. The van der Waals surface area contributed by atoms with Gasteiger partial charge >= 0.3 is 0 Å². The van der Waals surface area contributed by atoms with Crippen molar-refractivity contribution < 1.29 is 9.13 Å². The largest absolute Gasteiger partial charge is 0.376 e. The normalized spacial score (nSPS) is 21.3. The number of ether oxygens (including phenoxy) is 1. The summed E-state index contributed by atoms with van der Waals surface area (Å²) < 4.78 is 19.4. The second-order valence-electron chi connectivity index (χ2n) is 5.34. The summed E-state index contributed by atoms with van der Waals surface area (Å²) in [5.74, 6) is -0.167. The maximum atomic E-state index is 13.5. The molecule has 0 aromatic heterocycles. The van der Waals surface area contributed by atoms with Crippen LogP contribution < -0.4 is 5.32 Å². The highest BCUT2D eigenvalue weighted by Gasteiger charge is 2.26. The molecule has 19 heavy (non-hydrogen) atoms. The van der Waals surface area contributed by atoms with Gasteiger partial charge in [0.15, 0.2) is 0 Å². The van der Waals surface area contributed by atoms with Crippen LogP contribution in [-0.4, -0.2) is 19.3 Å². The highest BCUT2D eigenvalue weighted by Crippen LogP contribution is 2.29. The summed E-state index contributed by atoms with van der Waals surface area (Å²) in [6, 6.07) is 5.14. The quantitative estimate of drug-likeness (QED) is 0.875. The van der Waals surface area contributed by atoms with Crippen LogP contribution in [0.5, 0.6) is 0 Å². The van der Waals surface area contributed by atoms with E-state index in [1.807, 2.05) is 13.0 Å². The summed E-state index contributed by atoms with van der Waals surface area (Å²) in [5, 5.41) is 3.53. The Bertz CT molecular complexity index is 402. The van der Waals surface area contributed by atoms with Crippen LogP contribution in [0.25, 0.3) is 0 Å². The van der Waals surface area contributed by atoms with Crippen LogP contribution in [-0.2, 0) is 4.74 Å². The van der Waals surface area contributed by atoms with E-state index in [4.69, 9.17) is 4.74 Å². The SMILES string of the molecule is CCCNC(c1cc(F)ccc1C)C1CCCCO1. The average Bonchev–Trinajstić information content (AvgIpc) is 2.44. The molecule has 2 rings (SSSR count). The maximum Gasteiger partial charge on any atom is 0.123 e. The molecule has 0 spiro atoms. The molecule has 0 radical (unpaired) electrons. The van der Waals surface area contributed by atoms with Gasteiger partial charge in [0.05, 0.1) is 12.1 Å². The van der Waals surface area contributed by atoms with Crippen LogP contribution in [0.2, 0.25) is 0 Å². The molecule has 2 unspecified atom stereocenters. The Morgan fingerprint density at radius 1 is 1.42 bits per heavy atom. The van der Waals surface area contributed by atoms with Crippen molar-refractivity contribution in [3.63, 3.8) is 0 Å². The maximum absolute atomic E-state index is 13.5. The smallest absolute Gasteiger partial charge is 0.123 e. The lowest BCUT2D eigenvalue weighted by Gasteiger charge is -2.32. The molecule has 0 bridgehead atoms. The first-order valence-corrected chi connectivity index (χ1v) is 7.33. The highest BCUT2D eigenvalue weighted by atomic mass is 19.1. The van der Waals surface area contributed by atoms with Crippen molar-refractivity contribution in [1.82, 2.24) is 5.32 Å². The van der Waals surface area contributed by atoms with Gasteiger partial charge in [0.2, 0.25) is 0 Å². The summed E-state index contributed by atoms with van der Waals surface area (Å²) in [5.41, 5.74) is 2.17. The molecule has 1 heterocycles. The van der Waals surface area contributed by atoms with Crippen LogP contribution in [0.15, 0.2) is 18.2 Å². The zero-order valence-electron chi connectivity index (χ0n) is 11.9. The zero-order chi connectivity index (χ0) is 13.7. The van der Waals surface area contributed by atoms with Gasteiger partial charge < -0.3 is 10.1 Å². The van der Waals surface area contributed by atoms with E-state index in [9.17, 15) is 4.39 Å². The van der Waals surface area contributed by atoms with Crippen LogP contribution in [0.3, 0.4) is 0 Å². The number of hydrogen-bond acceptors (Lipinski definition) is 2. The van der Waals surface area contributed by atoms with Gasteiger partial charge in [-0.3, -0.25) is 0 Å². The second-order valence-corrected chi connectivity index (χ2v) is 5.34. The minimum Gasteiger partial charge on any atom is -0.376 e. The van der Waals surface area contributed by atoms with Crippen molar-refractivity contribution in [2.75, 3.05) is 13.2 Å². The first-order chi connectivity index (χ1) is 9.22. The predicted octanol–water partition coefficient (Wildman–Crippen LogP) is 3.74. The molecule has 106 valence electrons. The minimum atomic E-state index is -0.167. The summed E-state index contributed by atoms with van der Waals surface area (Å²) >= 11 is 0. The number of nitrogens with one attached hydrogen (secondary N) is 1. The van der Waals surface area contributed by atoms with Crippen molar-refractivity contribution in [3.8, 4) is 0 Å². The molecule has 0 amide bonds. The molecule has 1 aliphatic heterocycles. The molecule has 3 heteroatoms. The van der Waals surface area contributed by atoms with Crippen molar-refractivity contribution in [2.45, 2.75) is 51.7 Å². The molecule has 1 aromatic carbocycles. The Balaban J connectivity index is 2.22. The van der Waals surface area contributed by atoms with E-state index in [-0.39, 0.29) is 18.0 Å². The van der Waals surface area contributed by atoms with Crippen molar-refractivity contribution in [3.05, 3.63) is 35.1 Å². The number of aryl methyl sites for hydroxylation is 1. The summed E-state index contributed by atoms with van der Waals surface area (Å²) in [7, 11) is 0. The Morgan fingerprint density at radius 2 is 2.26 bits per heavy atom. The van der Waals surface area contributed by atoms with Crippen LogP contribution in [0.1, 0.15) is 49.8 Å². The minimum absolute atomic E-state index is 0.107. The fourth-order valence-corrected chi connectivity index (χ4v) is 2.72. The number of halogens is 1. The molecule has 1 aromatic rings. The fourth-order valence-electron chi connectivity index (χ4n) is 2.72. The number of benzene rings is 1. The van der Waals surface area contributed by atoms with E-state index >= 15 is 0 Å². The lowest BCUT2D eigenvalue weighted by atomic mass is 9.92. The van der Waals surface area contributed by atoms with Gasteiger partial charge in [0, 0.05) is 6.61 Å². The molecule has 1 aliphatic rings. The topological polar surface area (TPSA) is 21.3 Å². The standard InChI is InChI=1S/C16H24FNO/c1-3-9-18-16(15-6-4-5-10-19-15)14-11-13(17)8-7-12(14)2/h7-8,11,15-16,18H,3-6,9-10H2,1-2H3. The van der Waals surface area contributed by atoms with Crippen molar-refractivity contribution >= 4 is 0 Å². The zero-order valence-corrected chi connectivity index (χ0v) is 11.9. The lowest BCUT2D eigenvalue weighted by molar-refractivity contribution is -0.00833. The van der Waals surface area contributed by atoms with Crippen molar-refractivity contribution in [2.24, 2.45) is 0 Å². The summed E-state index contributed by atoms with van der Waals surface area (Å²) in [6.45, 7) is 5.94. The fraction of sp³-hybridized carbons (Fsp3) is 0.625. The third kappa shape index (κ3) is 3.77. The van der Waals surface area contributed by atoms with Gasteiger partial charge in [-0.05, 0) is 62.4 Å². The number of rotatable bonds is 5. The highest BCUT2D eigenvalue weighted by molar-refractivity contribution is 5.30. The molecular formula is C16H24FNO. The molecule has 0 aliphatic carbocycles. The van der Waals surface area contributed by atoms with Gasteiger partial charge in [-0.2, -0.15) is 0 Å². The van der Waals surface area contributed by atoms with E-state index < -0.39 is 0 Å². The van der Waals surface area contributed by atoms with E-state index in [1.165, 1.54) is 12.5 Å². The van der Waals surface area contributed by atoms with Gasteiger partial charge in [-0.15, -0.1) is 0 Å². The Labute approximate surface area is 115 Å². The van der Waals surface area contributed by atoms with E-state index in [1.54, 1.807) is 6.07 Å². The Kier molecular flexibility index (Phi) is 5.34. The monoisotopic (exact) mass is 265 g/mol. The Hall–Kier alpha value is -0.930. The van der Waals surface area contributed by atoms with Crippen LogP contribution in [0.4, 0.5) is 4.39 Å². The van der Waals surface area contributed by atoms with Gasteiger partial charge in [0.1, 0.15) is 5.82 Å². The van der Waals surface area contributed by atoms with E-state index in [2.05, 4.69) is 12.2 Å². The number of hydrogen-bond donors (Lipinski definition) is 1. The lowest BCUT2D eigenvalue weighted by Crippen LogP contribution is -2.36. The average molecular weight is 265 g/mol. The molecule has 0 saturated carbocycles. The molecule has 1 saturated heterocycles. The third-order valence-electron chi connectivity index (χ3n) is 3.78. The molecule has 1 N–H and O–H groups in total. The third-order valence-corrected chi connectivity index (χ3v) is 3.78. The molecular weight excluding hydrogens is 241 g/mol. The summed E-state index contributed by atoms with van der Waals surface area (Å²) in [6.07, 6.45) is 4.62. The van der Waals surface area contributed by atoms with Gasteiger partial charge in [-0.25, -0.2) is 4.39 Å². The second kappa shape index (κ2) is 7.01. The predicted molar refractivity (Wildman–Crippen MR) is 75.8 cm³/mol.